The van der Waals surface area contributed by atoms with E-state index >= 15 is 0 Å². The molecule has 0 bridgehead atoms. The van der Waals surface area contributed by atoms with Crippen LogP contribution >= 0.6 is 15.9 Å². The molecule has 0 aliphatic rings. The molecule has 5 nitrogen and oxygen atoms in total. The van der Waals surface area contributed by atoms with Crippen molar-refractivity contribution in [3.05, 3.63) is 52.6 Å². The fourth-order valence-corrected chi connectivity index (χ4v) is 3.73. The Bertz CT molecular complexity index is 1020. The van der Waals surface area contributed by atoms with E-state index in [0.29, 0.717) is 17.0 Å². The second-order valence-corrected chi connectivity index (χ2v) is 7.37. The minimum absolute atomic E-state index is 0.0726. The molecule has 1 heterocycles. The first-order valence-corrected chi connectivity index (χ1v) is 8.59. The second kappa shape index (κ2) is 5.50. The Morgan fingerprint density at radius 1 is 1.13 bits per heavy atom. The van der Waals surface area contributed by atoms with E-state index in [9.17, 15) is 17.2 Å². The number of aromatic nitrogens is 1. The first kappa shape index (κ1) is 15.8. The summed E-state index contributed by atoms with van der Waals surface area (Å²) in [7, 11) is -4.11. The summed E-state index contributed by atoms with van der Waals surface area (Å²) in [5.74, 6) is -1.87. The summed E-state index contributed by atoms with van der Waals surface area (Å²) < 4.78 is 54.9. The second-order valence-electron chi connectivity index (χ2n) is 4.80. The van der Waals surface area contributed by atoms with E-state index in [1.165, 1.54) is 6.20 Å². The van der Waals surface area contributed by atoms with Crippen LogP contribution in [0.25, 0.3) is 10.9 Å². The van der Waals surface area contributed by atoms with Gasteiger partial charge in [0.1, 0.15) is 16.5 Å². The molecule has 1 aromatic heterocycles. The highest BCUT2D eigenvalue weighted by atomic mass is 79.9. The number of nitrogen functional groups attached to an aromatic ring is 1. The van der Waals surface area contributed by atoms with Crippen LogP contribution in [0.3, 0.4) is 0 Å². The first-order chi connectivity index (χ1) is 10.8. The third-order valence-corrected chi connectivity index (χ3v) is 5.12. The number of fused-ring (bicyclic) bond motifs is 1. The Kier molecular flexibility index (Phi) is 3.77. The third kappa shape index (κ3) is 2.89. The molecule has 23 heavy (non-hydrogen) atoms. The van der Waals surface area contributed by atoms with Gasteiger partial charge in [-0.3, -0.25) is 4.72 Å². The summed E-state index contributed by atoms with van der Waals surface area (Å²) in [5, 5.41) is 0.428. The molecule has 0 spiro atoms. The Hall–Kier alpha value is -2.13. The van der Waals surface area contributed by atoms with Gasteiger partial charge in [0.05, 0.1) is 11.4 Å². The van der Waals surface area contributed by atoms with Gasteiger partial charge in [-0.1, -0.05) is 22.0 Å². The summed E-state index contributed by atoms with van der Waals surface area (Å²) in [4.78, 5) is 2.75. The molecular formula is C14H10BrF2N3O2S. The summed E-state index contributed by atoms with van der Waals surface area (Å²) in [6.07, 6.45) is 1.28. The van der Waals surface area contributed by atoms with E-state index in [1.807, 2.05) is 4.72 Å². The molecule has 0 radical (unpaired) electrons. The van der Waals surface area contributed by atoms with Crippen molar-refractivity contribution in [2.45, 2.75) is 4.90 Å². The molecular weight excluding hydrogens is 392 g/mol. The molecule has 120 valence electrons. The maximum atomic E-state index is 13.8. The van der Waals surface area contributed by atoms with E-state index in [4.69, 9.17) is 5.73 Å². The van der Waals surface area contributed by atoms with E-state index in [2.05, 4.69) is 20.9 Å². The molecule has 0 aliphatic heterocycles. The standard InChI is InChI=1S/C14H10BrF2N3O2S/c15-7-1-2-8-12(3-7)19-6-14(8)23(21,22)20-13-5-9(16)11(18)4-10(13)17/h1-6,19-20H,18H2. The molecule has 0 unspecified atom stereocenters. The summed E-state index contributed by atoms with van der Waals surface area (Å²) >= 11 is 3.28. The van der Waals surface area contributed by atoms with E-state index in [0.717, 1.165) is 10.5 Å². The van der Waals surface area contributed by atoms with Crippen molar-refractivity contribution in [1.82, 2.24) is 4.98 Å². The van der Waals surface area contributed by atoms with Crippen LogP contribution in [0.15, 0.2) is 45.9 Å². The lowest BCUT2D eigenvalue weighted by Crippen LogP contribution is -2.14. The lowest BCUT2D eigenvalue weighted by atomic mass is 10.2. The third-order valence-electron chi connectivity index (χ3n) is 3.23. The van der Waals surface area contributed by atoms with E-state index in [-0.39, 0.29) is 4.90 Å². The zero-order valence-electron chi connectivity index (χ0n) is 11.4. The van der Waals surface area contributed by atoms with Crippen LogP contribution in [-0.2, 0) is 10.0 Å². The zero-order chi connectivity index (χ0) is 16.8. The lowest BCUT2D eigenvalue weighted by Gasteiger charge is -2.09. The smallest absolute Gasteiger partial charge is 0.264 e. The van der Waals surface area contributed by atoms with Crippen LogP contribution in [-0.4, -0.2) is 13.4 Å². The zero-order valence-corrected chi connectivity index (χ0v) is 13.8. The molecule has 3 rings (SSSR count). The van der Waals surface area contributed by atoms with Gasteiger partial charge in [0.15, 0.2) is 0 Å². The molecule has 3 aromatic rings. The predicted octanol–water partition coefficient (Wildman–Crippen LogP) is 3.59. The summed E-state index contributed by atoms with van der Waals surface area (Å²) in [6.45, 7) is 0. The van der Waals surface area contributed by atoms with Gasteiger partial charge in [-0.15, -0.1) is 0 Å². The lowest BCUT2D eigenvalue weighted by molar-refractivity contribution is 0.596. The Morgan fingerprint density at radius 2 is 1.87 bits per heavy atom. The van der Waals surface area contributed by atoms with Crippen LogP contribution in [0.5, 0.6) is 0 Å². The van der Waals surface area contributed by atoms with Gasteiger partial charge in [0, 0.05) is 33.7 Å². The van der Waals surface area contributed by atoms with Gasteiger partial charge in [-0.05, 0) is 12.1 Å². The number of nitrogens with one attached hydrogen (secondary N) is 2. The molecule has 0 amide bonds. The molecule has 2 aromatic carbocycles. The number of benzene rings is 2. The first-order valence-electron chi connectivity index (χ1n) is 6.32. The number of halogens is 3. The molecule has 0 fully saturated rings. The predicted molar refractivity (Wildman–Crippen MR) is 87.6 cm³/mol. The van der Waals surface area contributed by atoms with Crippen molar-refractivity contribution >= 4 is 48.2 Å². The minimum atomic E-state index is -4.11. The van der Waals surface area contributed by atoms with Gasteiger partial charge in [-0.2, -0.15) is 0 Å². The van der Waals surface area contributed by atoms with Crippen LogP contribution in [0, 0.1) is 11.6 Å². The average molecular weight is 402 g/mol. The fraction of sp³-hybridized carbons (Fsp3) is 0. The molecule has 0 saturated heterocycles. The van der Waals surface area contributed by atoms with Gasteiger partial charge in [0.2, 0.25) is 0 Å². The normalized spacial score (nSPS) is 11.8. The Morgan fingerprint density at radius 3 is 2.61 bits per heavy atom. The van der Waals surface area contributed by atoms with Crippen molar-refractivity contribution in [3.63, 3.8) is 0 Å². The summed E-state index contributed by atoms with van der Waals surface area (Å²) in [6, 6.07) is 6.41. The molecule has 0 aliphatic carbocycles. The van der Waals surface area contributed by atoms with Gasteiger partial charge >= 0.3 is 0 Å². The number of rotatable bonds is 3. The number of anilines is 2. The minimum Gasteiger partial charge on any atom is -0.396 e. The molecule has 4 N–H and O–H groups in total. The largest absolute Gasteiger partial charge is 0.396 e. The highest BCUT2D eigenvalue weighted by Crippen LogP contribution is 2.28. The van der Waals surface area contributed by atoms with Crippen LogP contribution in [0.4, 0.5) is 20.2 Å². The topological polar surface area (TPSA) is 88.0 Å². The monoisotopic (exact) mass is 401 g/mol. The number of aromatic amines is 1. The number of hydrogen-bond acceptors (Lipinski definition) is 3. The Balaban J connectivity index is 2.06. The maximum Gasteiger partial charge on any atom is 0.264 e. The fourth-order valence-electron chi connectivity index (χ4n) is 2.13. The Labute approximate surface area is 138 Å². The van der Waals surface area contributed by atoms with Gasteiger partial charge < -0.3 is 10.7 Å². The van der Waals surface area contributed by atoms with Crippen LogP contribution < -0.4 is 10.5 Å². The molecule has 9 heteroatoms. The molecule has 0 atom stereocenters. The van der Waals surface area contributed by atoms with E-state index in [1.54, 1.807) is 18.2 Å². The number of hydrogen-bond donors (Lipinski definition) is 3. The quantitative estimate of drug-likeness (QED) is 0.585. The van der Waals surface area contributed by atoms with Crippen molar-refractivity contribution in [2.24, 2.45) is 0 Å². The van der Waals surface area contributed by atoms with E-state index < -0.39 is 33.0 Å². The van der Waals surface area contributed by atoms with Crippen LogP contribution in [0.2, 0.25) is 0 Å². The molecule has 0 saturated carbocycles. The van der Waals surface area contributed by atoms with Crippen molar-refractivity contribution in [2.75, 3.05) is 10.5 Å². The van der Waals surface area contributed by atoms with Gasteiger partial charge in [-0.25, -0.2) is 17.2 Å². The van der Waals surface area contributed by atoms with Gasteiger partial charge in [0.25, 0.3) is 10.0 Å². The summed E-state index contributed by atoms with van der Waals surface area (Å²) in [5.41, 5.74) is 4.91. The number of sulfonamides is 1. The van der Waals surface area contributed by atoms with Crippen LogP contribution in [0.1, 0.15) is 0 Å². The average Bonchev–Trinajstić information content (AvgIpc) is 2.88. The number of nitrogens with two attached hydrogens (primary N) is 1. The van der Waals surface area contributed by atoms with Crippen molar-refractivity contribution < 1.29 is 17.2 Å². The highest BCUT2D eigenvalue weighted by Gasteiger charge is 2.21. The highest BCUT2D eigenvalue weighted by molar-refractivity contribution is 9.10. The SMILES string of the molecule is Nc1cc(F)c(NS(=O)(=O)c2c[nH]c3cc(Br)ccc23)cc1F. The maximum absolute atomic E-state index is 13.8. The van der Waals surface area contributed by atoms with Crippen molar-refractivity contribution in [3.8, 4) is 0 Å². The number of H-pyrrole nitrogens is 1. The van der Waals surface area contributed by atoms with Crippen molar-refractivity contribution in [1.29, 1.82) is 0 Å².